The minimum absolute atomic E-state index is 0.0299. The van der Waals surface area contributed by atoms with E-state index in [1.165, 1.54) is 11.3 Å². The van der Waals surface area contributed by atoms with Gasteiger partial charge in [0.2, 0.25) is 5.91 Å². The summed E-state index contributed by atoms with van der Waals surface area (Å²) in [5.41, 5.74) is 9.31. The Bertz CT molecular complexity index is 927. The van der Waals surface area contributed by atoms with Gasteiger partial charge in [0, 0.05) is 4.88 Å². The third-order valence-electron chi connectivity index (χ3n) is 7.00. The van der Waals surface area contributed by atoms with E-state index in [4.69, 9.17) is 5.73 Å². The van der Waals surface area contributed by atoms with Crippen molar-refractivity contribution in [1.82, 2.24) is 0 Å². The maximum absolute atomic E-state index is 13.3. The summed E-state index contributed by atoms with van der Waals surface area (Å²) in [5.74, 6) is -2.60. The molecular weight excluding hydrogens is 388 g/mol. The van der Waals surface area contributed by atoms with Crippen molar-refractivity contribution in [2.75, 3.05) is 5.32 Å². The highest BCUT2D eigenvalue weighted by Gasteiger charge is 2.57. The van der Waals surface area contributed by atoms with Crippen LogP contribution >= 0.6 is 11.3 Å². The van der Waals surface area contributed by atoms with Gasteiger partial charge < -0.3 is 16.2 Å². The van der Waals surface area contributed by atoms with E-state index in [1.807, 2.05) is 13.8 Å². The topological polar surface area (TPSA) is 109 Å². The number of carboxylic acids is 1. The monoisotopic (exact) mass is 416 g/mol. The number of fused-ring (bicyclic) bond motifs is 3. The molecule has 0 spiro atoms. The van der Waals surface area contributed by atoms with Gasteiger partial charge in [-0.2, -0.15) is 0 Å². The molecule has 2 saturated carbocycles. The predicted octanol–water partition coefficient (Wildman–Crippen LogP) is 3.60. The van der Waals surface area contributed by atoms with Gasteiger partial charge in [0.1, 0.15) is 5.00 Å². The molecule has 1 heterocycles. The maximum atomic E-state index is 13.3. The van der Waals surface area contributed by atoms with Crippen LogP contribution < -0.4 is 11.1 Å². The Kier molecular flexibility index (Phi) is 5.05. The molecule has 29 heavy (non-hydrogen) atoms. The molecule has 6 nitrogen and oxygen atoms in total. The van der Waals surface area contributed by atoms with Crippen LogP contribution in [-0.2, 0) is 22.4 Å². The van der Waals surface area contributed by atoms with Gasteiger partial charge in [-0.3, -0.25) is 14.4 Å². The number of rotatable bonds is 4. The first-order valence-corrected chi connectivity index (χ1v) is 11.2. The fourth-order valence-electron chi connectivity index (χ4n) is 5.90. The van der Waals surface area contributed by atoms with E-state index < -0.39 is 23.7 Å². The summed E-state index contributed by atoms with van der Waals surface area (Å²) in [5, 5.41) is 13.3. The zero-order valence-corrected chi connectivity index (χ0v) is 17.9. The highest BCUT2D eigenvalue weighted by Crippen LogP contribution is 2.57. The Morgan fingerprint density at radius 2 is 1.76 bits per heavy atom. The summed E-state index contributed by atoms with van der Waals surface area (Å²) in [4.78, 5) is 38.6. The van der Waals surface area contributed by atoms with Crippen molar-refractivity contribution in [3.63, 3.8) is 0 Å². The molecule has 156 valence electrons. The van der Waals surface area contributed by atoms with Crippen molar-refractivity contribution < 1.29 is 19.5 Å². The Hall–Kier alpha value is -2.15. The van der Waals surface area contributed by atoms with Crippen LogP contribution in [0.2, 0.25) is 0 Å². The molecule has 0 aromatic carbocycles. The standard InChI is InChI=1S/C22H28N2O4S/c1-9(2)15-12-6-7-13(15)17(22(27)28)16(12)20(26)24-21-18(19(23)25)11-5-4-10(3)8-14(11)29-21/h10,12-13,16-17H,4-8H2,1-3H3,(H2,23,25)(H,24,26)(H,27,28)/t10-,12-,13-,16-,17-/m1/s1. The number of nitrogens with one attached hydrogen (secondary N) is 1. The third kappa shape index (κ3) is 3.19. The molecule has 3 aliphatic carbocycles. The summed E-state index contributed by atoms with van der Waals surface area (Å²) in [6, 6.07) is 0. The molecule has 2 bridgehead atoms. The largest absolute Gasteiger partial charge is 0.481 e. The van der Waals surface area contributed by atoms with Crippen LogP contribution in [0, 0.1) is 29.6 Å². The second-order valence-electron chi connectivity index (χ2n) is 9.04. The van der Waals surface area contributed by atoms with Crippen molar-refractivity contribution in [3.8, 4) is 0 Å². The molecule has 1 aromatic heterocycles. The number of allylic oxidation sites excluding steroid dienone is 2. The number of carbonyl (C=O) groups is 3. The summed E-state index contributed by atoms with van der Waals surface area (Å²) < 4.78 is 0. The van der Waals surface area contributed by atoms with Gasteiger partial charge in [0.15, 0.2) is 0 Å². The van der Waals surface area contributed by atoms with Gasteiger partial charge in [0.25, 0.3) is 5.91 Å². The highest BCUT2D eigenvalue weighted by atomic mass is 32.1. The number of nitrogens with two attached hydrogens (primary N) is 1. The Balaban J connectivity index is 1.67. The van der Waals surface area contributed by atoms with E-state index in [2.05, 4.69) is 12.2 Å². The highest BCUT2D eigenvalue weighted by molar-refractivity contribution is 7.17. The smallest absolute Gasteiger partial charge is 0.307 e. The molecular formula is C22H28N2O4S. The number of anilines is 1. The van der Waals surface area contributed by atoms with Crippen LogP contribution in [0.25, 0.3) is 0 Å². The number of thiophene rings is 1. The van der Waals surface area contributed by atoms with E-state index in [0.717, 1.165) is 53.7 Å². The molecule has 1 aromatic rings. The van der Waals surface area contributed by atoms with Crippen LogP contribution in [-0.4, -0.2) is 22.9 Å². The molecule has 2 amide bonds. The molecule has 0 saturated heterocycles. The van der Waals surface area contributed by atoms with Gasteiger partial charge in [-0.1, -0.05) is 18.1 Å². The minimum atomic E-state index is -0.912. The van der Waals surface area contributed by atoms with Crippen LogP contribution in [0.4, 0.5) is 5.00 Å². The first-order chi connectivity index (χ1) is 13.7. The molecule has 2 fully saturated rings. The number of amides is 2. The second kappa shape index (κ2) is 7.27. The summed E-state index contributed by atoms with van der Waals surface area (Å²) in [6.07, 6.45) is 4.32. The lowest BCUT2D eigenvalue weighted by Crippen LogP contribution is -2.38. The fraction of sp³-hybridized carbons (Fsp3) is 0.591. The number of carbonyl (C=O) groups excluding carboxylic acids is 2. The maximum Gasteiger partial charge on any atom is 0.307 e. The first-order valence-electron chi connectivity index (χ1n) is 10.4. The molecule has 7 heteroatoms. The Labute approximate surface area is 174 Å². The Morgan fingerprint density at radius 3 is 2.34 bits per heavy atom. The number of primary amides is 1. The minimum Gasteiger partial charge on any atom is -0.481 e. The van der Waals surface area contributed by atoms with Crippen LogP contribution in [0.3, 0.4) is 0 Å². The van der Waals surface area contributed by atoms with E-state index >= 15 is 0 Å². The van der Waals surface area contributed by atoms with Crippen molar-refractivity contribution >= 4 is 34.1 Å². The summed E-state index contributed by atoms with van der Waals surface area (Å²) in [7, 11) is 0. The van der Waals surface area contributed by atoms with Crippen molar-refractivity contribution in [3.05, 3.63) is 27.2 Å². The lowest BCUT2D eigenvalue weighted by atomic mass is 9.78. The molecule has 3 aliphatic rings. The summed E-state index contributed by atoms with van der Waals surface area (Å²) in [6.45, 7) is 6.18. The van der Waals surface area contributed by atoms with Gasteiger partial charge in [-0.05, 0) is 69.3 Å². The molecule has 0 aliphatic heterocycles. The quantitative estimate of drug-likeness (QED) is 0.651. The van der Waals surface area contributed by atoms with E-state index in [1.54, 1.807) is 0 Å². The molecule has 0 unspecified atom stereocenters. The molecule has 4 N–H and O–H groups in total. The normalized spacial score (nSPS) is 30.2. The van der Waals surface area contributed by atoms with E-state index in [-0.39, 0.29) is 17.7 Å². The summed E-state index contributed by atoms with van der Waals surface area (Å²) >= 11 is 1.43. The van der Waals surface area contributed by atoms with Crippen molar-refractivity contribution in [2.24, 2.45) is 35.3 Å². The second-order valence-corrected chi connectivity index (χ2v) is 10.2. The number of aliphatic carboxylic acids is 1. The number of hydrogen-bond acceptors (Lipinski definition) is 4. The molecule has 5 atom stereocenters. The number of hydrogen-bond donors (Lipinski definition) is 3. The predicted molar refractivity (Wildman–Crippen MR) is 112 cm³/mol. The van der Waals surface area contributed by atoms with E-state index in [0.29, 0.717) is 16.5 Å². The fourth-order valence-corrected chi connectivity index (χ4v) is 7.32. The van der Waals surface area contributed by atoms with Gasteiger partial charge >= 0.3 is 5.97 Å². The van der Waals surface area contributed by atoms with Gasteiger partial charge in [0.05, 0.1) is 17.4 Å². The Morgan fingerprint density at radius 1 is 1.10 bits per heavy atom. The van der Waals surface area contributed by atoms with Crippen molar-refractivity contribution in [2.45, 2.75) is 52.9 Å². The van der Waals surface area contributed by atoms with Gasteiger partial charge in [-0.25, -0.2) is 0 Å². The van der Waals surface area contributed by atoms with Crippen LogP contribution in [0.15, 0.2) is 11.1 Å². The molecule has 0 radical (unpaired) electrons. The average Bonchev–Trinajstić information content (AvgIpc) is 3.29. The lowest BCUT2D eigenvalue weighted by Gasteiger charge is -2.26. The van der Waals surface area contributed by atoms with Crippen LogP contribution in [0.5, 0.6) is 0 Å². The number of carboxylic acid groups (broad SMARTS) is 1. The zero-order valence-electron chi connectivity index (χ0n) is 17.1. The average molecular weight is 417 g/mol. The van der Waals surface area contributed by atoms with E-state index in [9.17, 15) is 19.5 Å². The zero-order chi connectivity index (χ0) is 21.0. The SMILES string of the molecule is CC(C)=C1[C@H]2CC[C@H]1[C@@H](C(=O)Nc1sc3c(c1C(N)=O)CC[C@@H](C)C3)[C@@H]2C(=O)O. The van der Waals surface area contributed by atoms with Crippen molar-refractivity contribution in [1.29, 1.82) is 0 Å². The lowest BCUT2D eigenvalue weighted by molar-refractivity contribution is -0.148. The first kappa shape index (κ1) is 20.1. The van der Waals surface area contributed by atoms with Gasteiger partial charge in [-0.15, -0.1) is 11.3 Å². The molecule has 4 rings (SSSR count). The third-order valence-corrected chi connectivity index (χ3v) is 8.17. The van der Waals surface area contributed by atoms with Crippen LogP contribution in [0.1, 0.15) is 60.8 Å².